The molecule has 0 unspecified atom stereocenters. The summed E-state index contributed by atoms with van der Waals surface area (Å²) < 4.78 is 31.9. The lowest BCUT2D eigenvalue weighted by atomic mass is 10.0. The Balaban J connectivity index is 1.63. The van der Waals surface area contributed by atoms with Crippen LogP contribution in [0.1, 0.15) is 56.3 Å². The summed E-state index contributed by atoms with van der Waals surface area (Å²) >= 11 is 0. The molecule has 2 aromatic carbocycles. The number of rotatable bonds is 11. The maximum atomic E-state index is 13.5. The average Bonchev–Trinajstić information content (AvgIpc) is 3.39. The summed E-state index contributed by atoms with van der Waals surface area (Å²) in [5.41, 5.74) is 0.258. The first-order valence-electron chi connectivity index (χ1n) is 13.1. The van der Waals surface area contributed by atoms with Crippen molar-refractivity contribution in [3.05, 3.63) is 99.7 Å². The molecule has 0 aliphatic heterocycles. The lowest BCUT2D eigenvalue weighted by molar-refractivity contribution is 0.128. The molecule has 9 nitrogen and oxygen atoms in total. The van der Waals surface area contributed by atoms with E-state index in [0.29, 0.717) is 18.8 Å². The molecule has 0 saturated carbocycles. The van der Waals surface area contributed by atoms with Gasteiger partial charge in [-0.3, -0.25) is 9.36 Å². The van der Waals surface area contributed by atoms with Gasteiger partial charge in [-0.25, -0.2) is 19.2 Å². The second kappa shape index (κ2) is 12.6. The van der Waals surface area contributed by atoms with Crippen LogP contribution in [0.5, 0.6) is 5.75 Å². The van der Waals surface area contributed by atoms with Crippen LogP contribution in [0.3, 0.4) is 0 Å². The number of carbonyl (C=O) groups is 1. The number of carbonyl (C=O) groups excluding carboxylic acids is 1. The molecular weight excluding hydrogens is 515 g/mol. The second-order valence-electron chi connectivity index (χ2n) is 9.93. The van der Waals surface area contributed by atoms with Crippen LogP contribution >= 0.6 is 0 Å². The number of ether oxygens (including phenoxy) is 2. The summed E-state index contributed by atoms with van der Waals surface area (Å²) in [7, 11) is 1.56. The molecule has 0 atom stereocenters. The number of nitrogens with one attached hydrogen (secondary N) is 1. The van der Waals surface area contributed by atoms with Crippen LogP contribution < -0.4 is 15.6 Å². The topological polar surface area (TPSA) is 108 Å². The molecule has 0 fully saturated rings. The van der Waals surface area contributed by atoms with Crippen molar-refractivity contribution in [2.75, 3.05) is 6.61 Å². The van der Waals surface area contributed by atoms with Crippen LogP contribution in [-0.4, -0.2) is 27.2 Å². The molecule has 0 bridgehead atoms. The van der Waals surface area contributed by atoms with E-state index in [1.807, 2.05) is 37.3 Å². The molecule has 4 aromatic rings. The Hall–Kier alpha value is -4.47. The van der Waals surface area contributed by atoms with Gasteiger partial charge in [-0.05, 0) is 43.5 Å². The van der Waals surface area contributed by atoms with Crippen LogP contribution in [0.4, 0.5) is 9.18 Å². The highest BCUT2D eigenvalue weighted by Crippen LogP contribution is 2.29. The Labute approximate surface area is 232 Å². The van der Waals surface area contributed by atoms with E-state index in [-0.39, 0.29) is 35.6 Å². The molecular formula is C30H33FN4O5. The molecule has 1 amide bonds. The smallest absolute Gasteiger partial charge is 0.408 e. The number of aromatic nitrogens is 3. The van der Waals surface area contributed by atoms with Gasteiger partial charge in [-0.1, -0.05) is 55.8 Å². The Morgan fingerprint density at radius 3 is 2.52 bits per heavy atom. The van der Waals surface area contributed by atoms with Crippen molar-refractivity contribution >= 4 is 6.09 Å². The largest absolute Gasteiger partial charge is 0.486 e. The SMILES string of the molecule is CCCCOc1c(-c2ncc(Cc3ccc(F)cc3)o2)nc(C(C)(C)NC(=O)OCc2ccccc2)n(C)c1=O. The van der Waals surface area contributed by atoms with Crippen LogP contribution in [0.2, 0.25) is 0 Å². The summed E-state index contributed by atoms with van der Waals surface area (Å²) in [5, 5.41) is 2.80. The second-order valence-corrected chi connectivity index (χ2v) is 9.93. The first-order chi connectivity index (χ1) is 19.2. The molecule has 2 heterocycles. The number of halogens is 1. The Morgan fingerprint density at radius 1 is 1.10 bits per heavy atom. The van der Waals surface area contributed by atoms with E-state index in [1.54, 1.807) is 33.0 Å². The third-order valence-corrected chi connectivity index (χ3v) is 6.23. The number of oxazole rings is 1. The van der Waals surface area contributed by atoms with Crippen LogP contribution in [0.15, 0.2) is 70.0 Å². The first kappa shape index (κ1) is 28.5. The van der Waals surface area contributed by atoms with Crippen molar-refractivity contribution in [2.45, 2.75) is 52.2 Å². The number of hydrogen-bond donors (Lipinski definition) is 1. The molecule has 0 saturated heterocycles. The van der Waals surface area contributed by atoms with Crippen LogP contribution in [0, 0.1) is 5.82 Å². The fraction of sp³-hybridized carbons (Fsp3) is 0.333. The molecule has 10 heteroatoms. The van der Waals surface area contributed by atoms with Gasteiger partial charge in [-0.15, -0.1) is 0 Å². The van der Waals surface area contributed by atoms with E-state index in [1.165, 1.54) is 22.9 Å². The highest BCUT2D eigenvalue weighted by Gasteiger charge is 2.32. The summed E-state index contributed by atoms with van der Waals surface area (Å²) in [6.07, 6.45) is 2.87. The number of benzene rings is 2. The van der Waals surface area contributed by atoms with E-state index in [4.69, 9.17) is 18.9 Å². The number of alkyl carbamates (subject to hydrolysis) is 1. The standard InChI is InChI=1S/C30H33FN4O5/c1-5-6-16-38-25-24(26-32-18-23(40-26)17-20-12-14-22(31)15-13-20)33-28(35(4)27(25)36)30(2,3)34-29(37)39-19-21-10-8-7-9-11-21/h7-15,18H,5-6,16-17,19H2,1-4H3,(H,34,37). The van der Waals surface area contributed by atoms with Crippen LogP contribution in [-0.2, 0) is 30.4 Å². The monoisotopic (exact) mass is 548 g/mol. The zero-order valence-corrected chi connectivity index (χ0v) is 23.1. The molecule has 0 spiro atoms. The predicted molar refractivity (Wildman–Crippen MR) is 147 cm³/mol. The van der Waals surface area contributed by atoms with Crippen molar-refractivity contribution < 1.29 is 23.1 Å². The normalized spacial score (nSPS) is 11.3. The third-order valence-electron chi connectivity index (χ3n) is 6.23. The predicted octanol–water partition coefficient (Wildman–Crippen LogP) is 5.51. The van der Waals surface area contributed by atoms with Crippen molar-refractivity contribution in [1.82, 2.24) is 19.9 Å². The quantitative estimate of drug-likeness (QED) is 0.246. The summed E-state index contributed by atoms with van der Waals surface area (Å²) in [6.45, 7) is 5.86. The van der Waals surface area contributed by atoms with E-state index < -0.39 is 17.2 Å². The Bertz CT molecular complexity index is 1500. The van der Waals surface area contributed by atoms with Gasteiger partial charge < -0.3 is 19.2 Å². The van der Waals surface area contributed by atoms with Gasteiger partial charge in [0.2, 0.25) is 11.6 Å². The molecule has 2 aromatic heterocycles. The van der Waals surface area contributed by atoms with Gasteiger partial charge in [0.1, 0.15) is 24.0 Å². The number of amides is 1. The Kier molecular flexibility index (Phi) is 8.98. The fourth-order valence-electron chi connectivity index (χ4n) is 4.11. The van der Waals surface area contributed by atoms with Crippen molar-refractivity contribution in [1.29, 1.82) is 0 Å². The summed E-state index contributed by atoms with van der Waals surface area (Å²) in [4.78, 5) is 35.3. The van der Waals surface area contributed by atoms with E-state index in [9.17, 15) is 14.0 Å². The maximum Gasteiger partial charge on any atom is 0.408 e. The molecule has 210 valence electrons. The lowest BCUT2D eigenvalue weighted by Crippen LogP contribution is -2.45. The van der Waals surface area contributed by atoms with Gasteiger partial charge in [0, 0.05) is 13.5 Å². The molecule has 1 N–H and O–H groups in total. The van der Waals surface area contributed by atoms with E-state index in [2.05, 4.69) is 10.3 Å². The van der Waals surface area contributed by atoms with Gasteiger partial charge in [0.15, 0.2) is 5.69 Å². The average molecular weight is 549 g/mol. The van der Waals surface area contributed by atoms with Gasteiger partial charge in [0.25, 0.3) is 5.56 Å². The molecule has 4 rings (SSSR count). The number of hydrogen-bond acceptors (Lipinski definition) is 7. The highest BCUT2D eigenvalue weighted by molar-refractivity contribution is 5.68. The molecule has 0 radical (unpaired) electrons. The van der Waals surface area contributed by atoms with Gasteiger partial charge in [0.05, 0.1) is 18.3 Å². The summed E-state index contributed by atoms with van der Waals surface area (Å²) in [6, 6.07) is 15.4. The minimum atomic E-state index is -1.11. The zero-order chi connectivity index (χ0) is 28.7. The van der Waals surface area contributed by atoms with Gasteiger partial charge >= 0.3 is 6.09 Å². The fourth-order valence-corrected chi connectivity index (χ4v) is 4.11. The minimum Gasteiger partial charge on any atom is -0.486 e. The van der Waals surface area contributed by atoms with Crippen LogP contribution in [0.25, 0.3) is 11.6 Å². The molecule has 0 aliphatic carbocycles. The van der Waals surface area contributed by atoms with Crippen molar-refractivity contribution in [3.63, 3.8) is 0 Å². The first-order valence-corrected chi connectivity index (χ1v) is 13.1. The highest BCUT2D eigenvalue weighted by atomic mass is 19.1. The number of unbranched alkanes of at least 4 members (excludes halogenated alkanes) is 1. The minimum absolute atomic E-state index is 0.0114. The zero-order valence-electron chi connectivity index (χ0n) is 23.1. The van der Waals surface area contributed by atoms with E-state index in [0.717, 1.165) is 24.0 Å². The lowest BCUT2D eigenvalue weighted by Gasteiger charge is -2.27. The summed E-state index contributed by atoms with van der Waals surface area (Å²) in [5.74, 6) is 0.549. The van der Waals surface area contributed by atoms with Crippen molar-refractivity contribution in [3.8, 4) is 17.3 Å². The maximum absolute atomic E-state index is 13.5. The Morgan fingerprint density at radius 2 is 1.82 bits per heavy atom. The van der Waals surface area contributed by atoms with Crippen molar-refractivity contribution in [2.24, 2.45) is 7.05 Å². The molecule has 0 aliphatic rings. The van der Waals surface area contributed by atoms with Gasteiger partial charge in [-0.2, -0.15) is 0 Å². The van der Waals surface area contributed by atoms with E-state index >= 15 is 0 Å². The molecule has 40 heavy (non-hydrogen) atoms. The number of nitrogens with zero attached hydrogens (tertiary/aromatic N) is 3. The third kappa shape index (κ3) is 6.93.